The zero-order valence-corrected chi connectivity index (χ0v) is 40.5. The van der Waals surface area contributed by atoms with Gasteiger partial charge in [0.1, 0.15) is 0 Å². The van der Waals surface area contributed by atoms with Crippen LogP contribution in [0, 0.1) is 0 Å². The summed E-state index contributed by atoms with van der Waals surface area (Å²) >= 11 is -6.02. The molecule has 3 rings (SSSR count). The second kappa shape index (κ2) is 10.9. The monoisotopic (exact) mass is 1230 g/mol. The molecular formula is C24H54I2N6O2Te4+2. The van der Waals surface area contributed by atoms with Gasteiger partial charge in [0, 0.05) is 0 Å². The Hall–Kier alpha value is 4.30. The third kappa shape index (κ3) is 6.19. The summed E-state index contributed by atoms with van der Waals surface area (Å²) in [4.78, 5) is 0. The Morgan fingerprint density at radius 1 is 0.447 bits per heavy atom. The second-order valence-electron chi connectivity index (χ2n) is 16.1. The first kappa shape index (κ1) is 36.8. The van der Waals surface area contributed by atoms with Crippen molar-refractivity contribution in [3.05, 3.63) is 0 Å². The van der Waals surface area contributed by atoms with E-state index < -0.39 is 79.8 Å². The fraction of sp³-hybridized carbons (Fsp3) is 1.00. The van der Waals surface area contributed by atoms with Crippen LogP contribution >= 0.6 is 45.7 Å². The maximum atomic E-state index is 7.82. The Balaban J connectivity index is 2.17. The van der Waals surface area contributed by atoms with Gasteiger partial charge < -0.3 is 0 Å². The van der Waals surface area contributed by atoms with Gasteiger partial charge in [0.25, 0.3) is 0 Å². The Bertz CT molecular complexity index is 794. The Labute approximate surface area is 290 Å². The van der Waals surface area contributed by atoms with E-state index in [1.165, 1.54) is 0 Å². The predicted molar refractivity (Wildman–Crippen MR) is 183 cm³/mol. The van der Waals surface area contributed by atoms with Crippen LogP contribution in [-0.4, -0.2) is 121 Å². The Kier molecular flexibility index (Phi) is 10.6. The molecule has 0 aliphatic carbocycles. The first-order valence-corrected chi connectivity index (χ1v) is 29.3. The van der Waals surface area contributed by atoms with Crippen LogP contribution in [0.25, 0.3) is 0 Å². The van der Waals surface area contributed by atoms with Crippen molar-refractivity contribution >= 4 is 126 Å². The van der Waals surface area contributed by atoms with Crippen molar-refractivity contribution in [2.45, 2.75) is 158 Å². The number of hydrogen-bond donors (Lipinski definition) is 0. The molecule has 2 spiro atoms. The topological polar surface area (TPSA) is 37.9 Å². The van der Waals surface area contributed by atoms with Crippen molar-refractivity contribution in [1.82, 2.24) is 8.33 Å². The van der Waals surface area contributed by atoms with Crippen molar-refractivity contribution < 1.29 is 2.93 Å². The van der Waals surface area contributed by atoms with Crippen LogP contribution in [0.1, 0.15) is 125 Å². The molecule has 0 aromatic heterocycles. The molecule has 0 bridgehead atoms. The van der Waals surface area contributed by atoms with E-state index in [2.05, 4.69) is 179 Å². The molecule has 0 aromatic rings. The summed E-state index contributed by atoms with van der Waals surface area (Å²) in [5.74, 6) is 0. The summed E-state index contributed by atoms with van der Waals surface area (Å²) in [6.45, 7) is 42.6. The molecule has 3 aliphatic heterocycles. The van der Waals surface area contributed by atoms with E-state index in [1.54, 1.807) is 0 Å². The predicted octanol–water partition coefficient (Wildman–Crippen LogP) is 6.20. The van der Waals surface area contributed by atoms with Crippen LogP contribution in [0.2, 0.25) is 0 Å². The number of halogens is 2. The van der Waals surface area contributed by atoms with Crippen LogP contribution in [0.15, 0.2) is 0 Å². The van der Waals surface area contributed by atoms with Gasteiger partial charge in [-0.1, -0.05) is 0 Å². The number of hydrogen-bond acceptors (Lipinski definition) is 8. The summed E-state index contributed by atoms with van der Waals surface area (Å²) in [5.41, 5.74) is 0.167. The molecule has 0 amide bonds. The second-order valence-corrected chi connectivity index (χ2v) is 55.3. The fourth-order valence-corrected chi connectivity index (χ4v) is 109. The molecule has 228 valence electrons. The standard InChI is InChI=1S/C24H54I2N6O2Te4/c1-19(2,3)27(25)35-29(21(7,8)9)37(30(35)22(10,11)12)33-38(34-37)31(23(13,14)15)36(28(26)20(4,5)6)32(38)24(16,17)18/h1-18H3/q+2. The average Bonchev–Trinajstić information content (AvgIpc) is 2.50. The number of nitrogens with zero attached hydrogens (tertiary/aromatic N) is 6. The van der Waals surface area contributed by atoms with Gasteiger partial charge in [-0.25, -0.2) is 0 Å². The van der Waals surface area contributed by atoms with Crippen LogP contribution in [0.3, 0.4) is 0 Å². The molecule has 0 radical (unpaired) electrons. The van der Waals surface area contributed by atoms with Gasteiger partial charge in [-0.3, -0.25) is 0 Å². The van der Waals surface area contributed by atoms with Crippen molar-refractivity contribution in [2.24, 2.45) is 0 Å². The Morgan fingerprint density at radius 3 is 0.763 bits per heavy atom. The summed E-state index contributed by atoms with van der Waals surface area (Å²) in [6, 6.07) is 0. The minimum atomic E-state index is -3.51. The zero-order valence-electron chi connectivity index (χ0n) is 26.9. The molecule has 0 saturated carbocycles. The van der Waals surface area contributed by atoms with E-state index in [0.29, 0.717) is 0 Å². The first-order chi connectivity index (χ1) is 16.5. The normalized spacial score (nSPS) is 27.1. The molecule has 3 heterocycles. The first-order valence-electron chi connectivity index (χ1n) is 13.2. The van der Waals surface area contributed by atoms with E-state index in [4.69, 9.17) is 2.93 Å². The van der Waals surface area contributed by atoms with Crippen LogP contribution in [0.5, 0.6) is 0 Å². The fourth-order valence-electron chi connectivity index (χ4n) is 4.13. The van der Waals surface area contributed by atoms with Crippen molar-refractivity contribution in [3.63, 3.8) is 0 Å². The van der Waals surface area contributed by atoms with Crippen molar-refractivity contribution in [2.75, 3.05) is 0 Å². The minimum absolute atomic E-state index is 0.00158. The van der Waals surface area contributed by atoms with Gasteiger partial charge >= 0.3 is 295 Å². The Morgan fingerprint density at radius 2 is 0.632 bits per heavy atom. The molecule has 0 atom stereocenters. The molecule has 38 heavy (non-hydrogen) atoms. The summed E-state index contributed by atoms with van der Waals surface area (Å²) in [5, 5.41) is 0. The molecule has 14 heteroatoms. The molecule has 8 nitrogen and oxygen atoms in total. The van der Waals surface area contributed by atoms with E-state index >= 15 is 0 Å². The van der Waals surface area contributed by atoms with E-state index in [-0.39, 0.29) is 33.2 Å². The molecular weight excluding hydrogens is 1170 g/mol. The molecule has 3 saturated heterocycles. The van der Waals surface area contributed by atoms with Gasteiger partial charge in [-0.05, 0) is 0 Å². The van der Waals surface area contributed by atoms with Crippen molar-refractivity contribution in [1.29, 1.82) is 0 Å². The van der Waals surface area contributed by atoms with Crippen LogP contribution in [0.4, 0.5) is 0 Å². The van der Waals surface area contributed by atoms with Crippen LogP contribution in [-0.2, 0) is 2.93 Å². The molecule has 0 unspecified atom stereocenters. The number of rotatable bonds is 2. The average molecular weight is 1220 g/mol. The molecule has 0 aromatic carbocycles. The summed E-state index contributed by atoms with van der Waals surface area (Å²) < 4.78 is 32.3. The quantitative estimate of drug-likeness (QED) is 0.184. The SMILES string of the molecule is CC(C)(C)N(I)[Te+]1N(C(C)(C)C)[Te]2(O[Te]3(O2)N(C(C)(C)C)[Te+](N(I)C(C)(C)C)N3C(C)(C)C)N1C(C)(C)C. The zero-order chi connectivity index (χ0) is 30.0. The molecule has 3 aliphatic rings. The summed E-state index contributed by atoms with van der Waals surface area (Å²) in [7, 11) is 0. The van der Waals surface area contributed by atoms with Gasteiger partial charge in [0.2, 0.25) is 0 Å². The van der Waals surface area contributed by atoms with Crippen LogP contribution < -0.4 is 0 Å². The molecule has 3 fully saturated rings. The third-order valence-electron chi connectivity index (χ3n) is 5.32. The van der Waals surface area contributed by atoms with Gasteiger partial charge in [-0.2, -0.15) is 0 Å². The molecule has 0 N–H and O–H groups in total. The summed E-state index contributed by atoms with van der Waals surface area (Å²) in [6.07, 6.45) is 0. The maximum absolute atomic E-state index is 7.82. The van der Waals surface area contributed by atoms with Crippen molar-refractivity contribution in [3.8, 4) is 0 Å². The van der Waals surface area contributed by atoms with Gasteiger partial charge in [-0.15, -0.1) is 0 Å². The van der Waals surface area contributed by atoms with E-state index in [9.17, 15) is 0 Å². The van der Waals surface area contributed by atoms with E-state index in [0.717, 1.165) is 0 Å². The third-order valence-corrected chi connectivity index (χ3v) is 78.6. The van der Waals surface area contributed by atoms with Gasteiger partial charge in [0.05, 0.1) is 0 Å². The van der Waals surface area contributed by atoms with E-state index in [1.807, 2.05) is 0 Å². The van der Waals surface area contributed by atoms with Gasteiger partial charge in [0.15, 0.2) is 0 Å².